The number of aliphatic carboxylic acids is 2. The molecule has 0 fully saturated rings. The molecule has 90 valence electrons. The molecule has 0 aromatic rings. The molecule has 5 nitrogen and oxygen atoms in total. The number of rotatable bonds is 6. The van der Waals surface area contributed by atoms with Crippen LogP contribution in [0.2, 0.25) is 0 Å². The molecule has 0 radical (unpaired) electrons. The highest BCUT2D eigenvalue weighted by Gasteiger charge is 1.90. The van der Waals surface area contributed by atoms with Crippen LogP contribution in [0, 0.1) is 0 Å². The molecule has 0 atom stereocenters. The lowest BCUT2D eigenvalue weighted by Gasteiger charge is -1.96. The lowest BCUT2D eigenvalue weighted by Crippen LogP contribution is -2.84. The van der Waals surface area contributed by atoms with Crippen LogP contribution in [0.15, 0.2) is 0 Å². The lowest BCUT2D eigenvalue weighted by atomic mass is 10.3. The maximum Gasteiger partial charge on any atom is 0.351 e. The molecule has 0 saturated heterocycles. The molecule has 0 aliphatic heterocycles. The summed E-state index contributed by atoms with van der Waals surface area (Å²) in [6.45, 7) is 7.15. The second-order valence-electron chi connectivity index (χ2n) is 3.17. The normalized spacial score (nSPS) is 8.93. The van der Waals surface area contributed by atoms with Crippen LogP contribution in [0.25, 0.3) is 0 Å². The van der Waals surface area contributed by atoms with Crippen LogP contribution in [0.4, 0.5) is 0 Å². The average molecular weight is 219 g/mol. The van der Waals surface area contributed by atoms with Crippen LogP contribution in [-0.2, 0) is 9.59 Å². The van der Waals surface area contributed by atoms with E-state index >= 15 is 0 Å². The largest absolute Gasteiger partial charge is 0.539 e. The van der Waals surface area contributed by atoms with Crippen LogP contribution < -0.4 is 10.4 Å². The Labute approximate surface area is 90.5 Å². The topological polar surface area (TPSA) is 94.0 Å². The van der Waals surface area contributed by atoms with Crippen LogP contribution in [0.3, 0.4) is 0 Å². The summed E-state index contributed by atoms with van der Waals surface area (Å²) < 4.78 is 0. The Kier molecular flexibility index (Phi) is 14.0. The van der Waals surface area contributed by atoms with E-state index in [1.807, 2.05) is 0 Å². The second-order valence-corrected chi connectivity index (χ2v) is 3.17. The van der Waals surface area contributed by atoms with Crippen molar-refractivity contribution in [3.8, 4) is 0 Å². The standard InChI is InChI=1S/C8H19N.C2H2O4/c1-3-5-7-9-8-6-4-2;3-1(4)2(5)6/h9H,3-8H2,1-2H3;(H,3,4)(H,5,6). The van der Waals surface area contributed by atoms with Crippen LogP contribution in [-0.4, -0.2) is 30.1 Å². The van der Waals surface area contributed by atoms with E-state index in [1.54, 1.807) is 0 Å². The van der Waals surface area contributed by atoms with Crippen molar-refractivity contribution in [2.75, 3.05) is 13.1 Å². The van der Waals surface area contributed by atoms with Gasteiger partial charge >= 0.3 is 5.97 Å². The van der Waals surface area contributed by atoms with Crippen molar-refractivity contribution < 1.29 is 25.1 Å². The third kappa shape index (κ3) is 19.3. The van der Waals surface area contributed by atoms with E-state index in [4.69, 9.17) is 19.8 Å². The van der Waals surface area contributed by atoms with Crippen molar-refractivity contribution in [3.63, 3.8) is 0 Å². The monoisotopic (exact) mass is 219 g/mol. The summed E-state index contributed by atoms with van der Waals surface area (Å²) in [5, 5.41) is 18.7. The van der Waals surface area contributed by atoms with E-state index in [9.17, 15) is 0 Å². The number of hydrogen-bond donors (Lipinski definition) is 2. The van der Waals surface area contributed by atoms with Gasteiger partial charge in [0.25, 0.3) is 0 Å². The summed E-state index contributed by atoms with van der Waals surface area (Å²) in [6, 6.07) is 0. The zero-order valence-electron chi connectivity index (χ0n) is 9.49. The van der Waals surface area contributed by atoms with Crippen molar-refractivity contribution in [3.05, 3.63) is 0 Å². The maximum absolute atomic E-state index is 9.04. The second kappa shape index (κ2) is 12.9. The first kappa shape index (κ1) is 16.3. The molecule has 0 aliphatic carbocycles. The molecule has 0 rings (SSSR count). The average Bonchev–Trinajstić information content (AvgIpc) is 2.18. The highest BCUT2D eigenvalue weighted by atomic mass is 16.4. The van der Waals surface area contributed by atoms with Gasteiger partial charge in [-0.3, -0.25) is 0 Å². The number of carbonyl (C=O) groups is 2. The van der Waals surface area contributed by atoms with Crippen LogP contribution in [0.1, 0.15) is 39.5 Å². The molecule has 0 saturated carbocycles. The number of carboxylic acids is 2. The molecule has 0 aromatic heterocycles. The van der Waals surface area contributed by atoms with Gasteiger partial charge < -0.3 is 20.3 Å². The van der Waals surface area contributed by atoms with Gasteiger partial charge in [-0.05, 0) is 12.8 Å². The first-order valence-corrected chi connectivity index (χ1v) is 5.32. The number of nitrogens with two attached hydrogens (primary N) is 1. The Morgan fingerprint density at radius 3 is 1.67 bits per heavy atom. The minimum absolute atomic E-state index is 1.33. The summed E-state index contributed by atoms with van der Waals surface area (Å²) in [5.74, 6) is -4.01. The van der Waals surface area contributed by atoms with Gasteiger partial charge in [0.2, 0.25) is 0 Å². The van der Waals surface area contributed by atoms with E-state index in [0.29, 0.717) is 0 Å². The molecule has 3 N–H and O–H groups in total. The highest BCUT2D eigenvalue weighted by Crippen LogP contribution is 1.80. The number of carboxylic acid groups (broad SMARTS) is 2. The van der Waals surface area contributed by atoms with Crippen molar-refractivity contribution in [2.24, 2.45) is 0 Å². The fourth-order valence-corrected chi connectivity index (χ4v) is 0.841. The summed E-state index contributed by atoms with van der Waals surface area (Å²) in [6.07, 6.45) is 5.43. The zero-order valence-corrected chi connectivity index (χ0v) is 9.49. The van der Waals surface area contributed by atoms with Gasteiger partial charge in [-0.25, -0.2) is 4.79 Å². The van der Waals surface area contributed by atoms with Gasteiger partial charge in [0.05, 0.1) is 13.1 Å². The molecular formula is C10H21NO4. The van der Waals surface area contributed by atoms with Gasteiger partial charge in [0, 0.05) is 0 Å². The smallest absolute Gasteiger partial charge is 0.351 e. The Morgan fingerprint density at radius 2 is 1.47 bits per heavy atom. The summed E-state index contributed by atoms with van der Waals surface area (Å²) in [4.78, 5) is 18.0. The van der Waals surface area contributed by atoms with Gasteiger partial charge in [0.1, 0.15) is 0 Å². The van der Waals surface area contributed by atoms with E-state index in [0.717, 1.165) is 0 Å². The Balaban J connectivity index is 0. The fourth-order valence-electron chi connectivity index (χ4n) is 0.841. The molecule has 0 aromatic carbocycles. The summed E-state index contributed by atoms with van der Waals surface area (Å²) in [7, 11) is 0. The Morgan fingerprint density at radius 1 is 1.13 bits per heavy atom. The van der Waals surface area contributed by atoms with Crippen molar-refractivity contribution in [1.29, 1.82) is 0 Å². The molecule has 0 heterocycles. The first-order chi connectivity index (χ1) is 7.06. The number of unbranched alkanes of at least 4 members (excludes halogenated alkanes) is 2. The first-order valence-electron chi connectivity index (χ1n) is 5.32. The minimum Gasteiger partial charge on any atom is -0.539 e. The minimum atomic E-state index is -2.07. The maximum atomic E-state index is 9.04. The predicted octanol–water partition coefficient (Wildman–Crippen LogP) is -1.03. The molecule has 0 amide bonds. The summed E-state index contributed by atoms with van der Waals surface area (Å²) in [5.41, 5.74) is 0. The SMILES string of the molecule is CCCC[NH2+]CCCC.O=C([O-])C(=O)O. The van der Waals surface area contributed by atoms with Crippen LogP contribution in [0.5, 0.6) is 0 Å². The lowest BCUT2D eigenvalue weighted by molar-refractivity contribution is -0.655. The summed E-state index contributed by atoms with van der Waals surface area (Å²) >= 11 is 0. The van der Waals surface area contributed by atoms with Crippen molar-refractivity contribution >= 4 is 11.9 Å². The molecule has 0 spiro atoms. The quantitative estimate of drug-likeness (QED) is 0.441. The van der Waals surface area contributed by atoms with Gasteiger partial charge in [-0.1, -0.05) is 26.7 Å². The molecular weight excluding hydrogens is 198 g/mol. The van der Waals surface area contributed by atoms with Gasteiger partial charge in [0.15, 0.2) is 5.97 Å². The number of hydrogen-bond acceptors (Lipinski definition) is 3. The van der Waals surface area contributed by atoms with E-state index in [-0.39, 0.29) is 0 Å². The van der Waals surface area contributed by atoms with Crippen molar-refractivity contribution in [2.45, 2.75) is 39.5 Å². The van der Waals surface area contributed by atoms with Gasteiger partial charge in [-0.15, -0.1) is 0 Å². The van der Waals surface area contributed by atoms with E-state index < -0.39 is 11.9 Å². The van der Waals surface area contributed by atoms with E-state index in [2.05, 4.69) is 19.2 Å². The molecule has 15 heavy (non-hydrogen) atoms. The van der Waals surface area contributed by atoms with Crippen LogP contribution >= 0.6 is 0 Å². The third-order valence-corrected chi connectivity index (χ3v) is 1.70. The molecule has 0 unspecified atom stereocenters. The van der Waals surface area contributed by atoms with Crippen molar-refractivity contribution in [1.82, 2.24) is 0 Å². The number of quaternary nitrogens is 1. The molecule has 0 aliphatic rings. The number of carbonyl (C=O) groups excluding carboxylic acids is 1. The fraction of sp³-hybridized carbons (Fsp3) is 0.800. The van der Waals surface area contributed by atoms with Gasteiger partial charge in [-0.2, -0.15) is 0 Å². The Hall–Kier alpha value is -1.10. The zero-order chi connectivity index (χ0) is 12.1. The Bertz CT molecular complexity index is 153. The third-order valence-electron chi connectivity index (χ3n) is 1.70. The molecule has 0 bridgehead atoms. The highest BCUT2D eigenvalue weighted by molar-refractivity contribution is 6.26. The van der Waals surface area contributed by atoms with E-state index in [1.165, 1.54) is 38.8 Å². The molecule has 5 heteroatoms. The predicted molar refractivity (Wildman–Crippen MR) is 54.1 cm³/mol.